The summed E-state index contributed by atoms with van der Waals surface area (Å²) in [5, 5.41) is 0. The highest BCUT2D eigenvalue weighted by Crippen LogP contribution is 2.39. The standard InChI is InChI=1S/C9H15NO2.C2H6/c1-12-7-9-4-2-6-10(9)8(11)3-5-9;1-2/h2-7H2,1H3;1-2H3. The van der Waals surface area contributed by atoms with Crippen LogP contribution in [0.25, 0.3) is 0 Å². The molecule has 2 fully saturated rings. The lowest BCUT2D eigenvalue weighted by atomic mass is 9.95. The van der Waals surface area contributed by atoms with E-state index in [1.54, 1.807) is 7.11 Å². The van der Waals surface area contributed by atoms with Gasteiger partial charge < -0.3 is 9.64 Å². The second-order valence-electron chi connectivity index (χ2n) is 3.81. The number of amides is 1. The molecule has 0 radical (unpaired) electrons. The highest BCUT2D eigenvalue weighted by Gasteiger charge is 2.48. The quantitative estimate of drug-likeness (QED) is 0.679. The summed E-state index contributed by atoms with van der Waals surface area (Å²) >= 11 is 0. The number of ether oxygens (including phenoxy) is 1. The molecule has 1 atom stereocenters. The molecule has 0 aliphatic carbocycles. The first kappa shape index (κ1) is 11.5. The lowest BCUT2D eigenvalue weighted by Crippen LogP contribution is -2.43. The van der Waals surface area contributed by atoms with Crippen LogP contribution in [-0.4, -0.2) is 36.6 Å². The first-order valence-electron chi connectivity index (χ1n) is 5.58. The molecule has 2 saturated heterocycles. The highest BCUT2D eigenvalue weighted by atomic mass is 16.5. The molecular weight excluding hydrogens is 178 g/mol. The molecule has 2 aliphatic rings. The van der Waals surface area contributed by atoms with Gasteiger partial charge in [0.15, 0.2) is 0 Å². The summed E-state index contributed by atoms with van der Waals surface area (Å²) in [6, 6.07) is 0. The van der Waals surface area contributed by atoms with E-state index in [0.29, 0.717) is 5.91 Å². The first-order valence-corrected chi connectivity index (χ1v) is 5.58. The molecule has 1 unspecified atom stereocenters. The maximum atomic E-state index is 11.4. The summed E-state index contributed by atoms with van der Waals surface area (Å²) in [6.07, 6.45) is 4.00. The minimum absolute atomic E-state index is 0.0891. The Morgan fingerprint density at radius 1 is 1.43 bits per heavy atom. The molecule has 14 heavy (non-hydrogen) atoms. The van der Waals surface area contributed by atoms with Gasteiger partial charge in [0.1, 0.15) is 0 Å². The third-order valence-electron chi connectivity index (χ3n) is 3.11. The van der Waals surface area contributed by atoms with Crippen molar-refractivity contribution in [1.29, 1.82) is 0 Å². The minimum atomic E-state index is 0.0891. The van der Waals surface area contributed by atoms with Gasteiger partial charge in [0.25, 0.3) is 0 Å². The fraction of sp³-hybridized carbons (Fsp3) is 0.909. The van der Waals surface area contributed by atoms with Crippen molar-refractivity contribution in [3.8, 4) is 0 Å². The largest absolute Gasteiger partial charge is 0.382 e. The monoisotopic (exact) mass is 199 g/mol. The summed E-state index contributed by atoms with van der Waals surface area (Å²) in [6.45, 7) is 5.67. The molecule has 3 nitrogen and oxygen atoms in total. The first-order chi connectivity index (χ1) is 6.78. The van der Waals surface area contributed by atoms with Crippen LogP contribution >= 0.6 is 0 Å². The molecule has 0 N–H and O–H groups in total. The topological polar surface area (TPSA) is 29.5 Å². The van der Waals surface area contributed by atoms with Crippen molar-refractivity contribution >= 4 is 5.91 Å². The van der Waals surface area contributed by atoms with Crippen LogP contribution in [0.4, 0.5) is 0 Å². The average Bonchev–Trinajstić information content (AvgIpc) is 2.73. The van der Waals surface area contributed by atoms with Gasteiger partial charge in [0, 0.05) is 20.1 Å². The second kappa shape index (κ2) is 4.78. The van der Waals surface area contributed by atoms with Gasteiger partial charge in [0.2, 0.25) is 5.91 Å². The maximum absolute atomic E-state index is 11.4. The molecule has 2 aliphatic heterocycles. The summed E-state index contributed by atoms with van der Waals surface area (Å²) in [4.78, 5) is 13.4. The van der Waals surface area contributed by atoms with Gasteiger partial charge in [-0.2, -0.15) is 0 Å². The third kappa shape index (κ3) is 1.78. The Bertz CT molecular complexity index is 205. The van der Waals surface area contributed by atoms with Gasteiger partial charge in [-0.05, 0) is 19.3 Å². The highest BCUT2D eigenvalue weighted by molar-refractivity contribution is 5.80. The van der Waals surface area contributed by atoms with E-state index in [2.05, 4.69) is 0 Å². The Balaban J connectivity index is 0.000000461. The molecular formula is C11H21NO2. The molecule has 1 amide bonds. The Morgan fingerprint density at radius 2 is 2.14 bits per heavy atom. The van der Waals surface area contributed by atoms with Crippen molar-refractivity contribution < 1.29 is 9.53 Å². The summed E-state index contributed by atoms with van der Waals surface area (Å²) in [7, 11) is 1.72. The molecule has 2 rings (SSSR count). The van der Waals surface area contributed by atoms with Crippen LogP contribution in [0.1, 0.15) is 39.5 Å². The van der Waals surface area contributed by atoms with Crippen LogP contribution in [0, 0.1) is 0 Å². The molecule has 3 heteroatoms. The number of fused-ring (bicyclic) bond motifs is 1. The van der Waals surface area contributed by atoms with Crippen LogP contribution in [0.2, 0.25) is 0 Å². The molecule has 2 heterocycles. The van der Waals surface area contributed by atoms with Crippen LogP contribution in [0.5, 0.6) is 0 Å². The Labute approximate surface area is 86.4 Å². The zero-order valence-electron chi connectivity index (χ0n) is 9.51. The molecule has 82 valence electrons. The number of hydrogen-bond donors (Lipinski definition) is 0. The lowest BCUT2D eigenvalue weighted by molar-refractivity contribution is -0.130. The predicted octanol–water partition coefficient (Wildman–Crippen LogP) is 1.81. The molecule has 0 aromatic rings. The van der Waals surface area contributed by atoms with Crippen LogP contribution in [-0.2, 0) is 9.53 Å². The van der Waals surface area contributed by atoms with Gasteiger partial charge in [-0.15, -0.1) is 0 Å². The van der Waals surface area contributed by atoms with Gasteiger partial charge in [-0.3, -0.25) is 4.79 Å². The van der Waals surface area contributed by atoms with E-state index in [4.69, 9.17) is 4.74 Å². The van der Waals surface area contributed by atoms with E-state index in [1.165, 1.54) is 0 Å². The Hall–Kier alpha value is -0.570. The molecule has 0 aromatic carbocycles. The second-order valence-corrected chi connectivity index (χ2v) is 3.81. The number of methoxy groups -OCH3 is 1. The van der Waals surface area contributed by atoms with E-state index < -0.39 is 0 Å². The molecule has 0 spiro atoms. The normalized spacial score (nSPS) is 29.9. The van der Waals surface area contributed by atoms with Crippen molar-refractivity contribution in [3.63, 3.8) is 0 Å². The summed E-state index contributed by atoms with van der Waals surface area (Å²) < 4.78 is 5.18. The zero-order chi connectivity index (χ0) is 10.6. The summed E-state index contributed by atoms with van der Waals surface area (Å²) in [5.74, 6) is 0.324. The number of rotatable bonds is 2. The summed E-state index contributed by atoms with van der Waals surface area (Å²) in [5.41, 5.74) is 0.0891. The van der Waals surface area contributed by atoms with Crippen LogP contribution in [0.15, 0.2) is 0 Å². The molecule has 0 bridgehead atoms. The SMILES string of the molecule is CC.COCC12CCCN1C(=O)CC2. The van der Waals surface area contributed by atoms with E-state index in [1.807, 2.05) is 18.7 Å². The minimum Gasteiger partial charge on any atom is -0.382 e. The lowest BCUT2D eigenvalue weighted by Gasteiger charge is -2.30. The fourth-order valence-electron chi connectivity index (χ4n) is 2.55. The third-order valence-corrected chi connectivity index (χ3v) is 3.11. The number of carbonyl (C=O) groups is 1. The Morgan fingerprint density at radius 3 is 2.79 bits per heavy atom. The van der Waals surface area contributed by atoms with Gasteiger partial charge in [0.05, 0.1) is 12.1 Å². The van der Waals surface area contributed by atoms with E-state index >= 15 is 0 Å². The fourth-order valence-corrected chi connectivity index (χ4v) is 2.55. The van der Waals surface area contributed by atoms with E-state index in [-0.39, 0.29) is 5.54 Å². The zero-order valence-corrected chi connectivity index (χ0v) is 9.51. The maximum Gasteiger partial charge on any atom is 0.223 e. The van der Waals surface area contributed by atoms with Gasteiger partial charge >= 0.3 is 0 Å². The smallest absolute Gasteiger partial charge is 0.223 e. The van der Waals surface area contributed by atoms with Crippen LogP contribution in [0.3, 0.4) is 0 Å². The van der Waals surface area contributed by atoms with Gasteiger partial charge in [-0.1, -0.05) is 13.8 Å². The Kier molecular flexibility index (Phi) is 3.93. The van der Waals surface area contributed by atoms with Crippen LogP contribution < -0.4 is 0 Å². The number of nitrogens with zero attached hydrogens (tertiary/aromatic N) is 1. The van der Waals surface area contributed by atoms with Crippen molar-refractivity contribution in [2.45, 2.75) is 45.1 Å². The molecule has 0 saturated carbocycles. The predicted molar refractivity (Wildman–Crippen MR) is 56.1 cm³/mol. The van der Waals surface area contributed by atoms with E-state index in [0.717, 1.165) is 38.8 Å². The average molecular weight is 199 g/mol. The van der Waals surface area contributed by atoms with E-state index in [9.17, 15) is 4.79 Å². The molecule has 0 aromatic heterocycles. The van der Waals surface area contributed by atoms with Crippen molar-refractivity contribution in [2.24, 2.45) is 0 Å². The number of carbonyl (C=O) groups excluding carboxylic acids is 1. The van der Waals surface area contributed by atoms with Crippen molar-refractivity contribution in [1.82, 2.24) is 4.90 Å². The van der Waals surface area contributed by atoms with Crippen molar-refractivity contribution in [3.05, 3.63) is 0 Å². The van der Waals surface area contributed by atoms with Gasteiger partial charge in [-0.25, -0.2) is 0 Å². The number of hydrogen-bond acceptors (Lipinski definition) is 2. The van der Waals surface area contributed by atoms with Crippen molar-refractivity contribution in [2.75, 3.05) is 20.3 Å².